The van der Waals surface area contributed by atoms with E-state index in [0.29, 0.717) is 13.0 Å². The van der Waals surface area contributed by atoms with E-state index in [9.17, 15) is 4.79 Å². The lowest BCUT2D eigenvalue weighted by Crippen LogP contribution is -2.12. The third-order valence-electron chi connectivity index (χ3n) is 1.42. The molecule has 1 aliphatic heterocycles. The molecule has 0 saturated carbocycles. The normalized spacial score (nSPS) is 23.4. The molecule has 1 atom stereocenters. The van der Waals surface area contributed by atoms with Crippen molar-refractivity contribution < 1.29 is 14.6 Å². The lowest BCUT2D eigenvalue weighted by atomic mass is 10.3. The molecule has 11 heavy (non-hydrogen) atoms. The number of thioether (sulfide) groups is 1. The minimum Gasteiger partial charge on any atom is -0.480 e. The summed E-state index contributed by atoms with van der Waals surface area (Å²) in [5.41, 5.74) is 0. The Morgan fingerprint density at radius 1 is 2.00 bits per heavy atom. The van der Waals surface area contributed by atoms with Crippen LogP contribution in [0.4, 0.5) is 0 Å². The van der Waals surface area contributed by atoms with E-state index in [0.717, 1.165) is 4.91 Å². The highest BCUT2D eigenvalue weighted by molar-refractivity contribution is 8.04. The topological polar surface area (TPSA) is 46.5 Å². The van der Waals surface area contributed by atoms with Gasteiger partial charge in [-0.1, -0.05) is 6.08 Å². The summed E-state index contributed by atoms with van der Waals surface area (Å²) in [6, 6.07) is 0. The van der Waals surface area contributed by atoms with Crippen LogP contribution in [0.5, 0.6) is 0 Å². The van der Waals surface area contributed by atoms with Crippen LogP contribution in [-0.2, 0) is 9.53 Å². The number of ether oxygens (including phenoxy) is 1. The van der Waals surface area contributed by atoms with Crippen molar-refractivity contribution in [1.82, 2.24) is 0 Å². The molecule has 1 aliphatic rings. The molecule has 4 heteroatoms. The molecule has 0 radical (unpaired) electrons. The van der Waals surface area contributed by atoms with Crippen molar-refractivity contribution in [3.63, 3.8) is 0 Å². The molecular formula is C7H10O3S. The quantitative estimate of drug-likeness (QED) is 0.696. The van der Waals surface area contributed by atoms with Crippen molar-refractivity contribution >= 4 is 17.7 Å². The fourth-order valence-electron chi connectivity index (χ4n) is 0.904. The number of carbonyl (C=O) groups is 1. The van der Waals surface area contributed by atoms with E-state index in [1.165, 1.54) is 11.8 Å². The average molecular weight is 174 g/mol. The summed E-state index contributed by atoms with van der Waals surface area (Å²) in [7, 11) is 1.61. The highest BCUT2D eigenvalue weighted by Gasteiger charge is 2.23. The van der Waals surface area contributed by atoms with Gasteiger partial charge in [0.1, 0.15) is 5.25 Å². The molecule has 0 aliphatic carbocycles. The number of carboxylic acid groups (broad SMARTS) is 1. The van der Waals surface area contributed by atoms with Crippen LogP contribution in [-0.4, -0.2) is 30.0 Å². The Morgan fingerprint density at radius 2 is 2.73 bits per heavy atom. The summed E-state index contributed by atoms with van der Waals surface area (Å²) in [4.78, 5) is 11.5. The molecule has 0 amide bonds. The zero-order valence-corrected chi connectivity index (χ0v) is 7.06. The largest absolute Gasteiger partial charge is 0.480 e. The first-order valence-corrected chi connectivity index (χ1v) is 4.19. The van der Waals surface area contributed by atoms with Crippen LogP contribution in [0.25, 0.3) is 0 Å². The van der Waals surface area contributed by atoms with Gasteiger partial charge in [-0.15, -0.1) is 11.8 Å². The zero-order valence-electron chi connectivity index (χ0n) is 6.24. The summed E-state index contributed by atoms with van der Waals surface area (Å²) in [6.07, 6.45) is 2.55. The molecule has 1 N–H and O–H groups in total. The van der Waals surface area contributed by atoms with Crippen molar-refractivity contribution in [2.24, 2.45) is 0 Å². The number of hydrogen-bond acceptors (Lipinski definition) is 3. The number of carboxylic acids is 1. The maximum absolute atomic E-state index is 10.5. The first-order chi connectivity index (χ1) is 5.24. The fraction of sp³-hybridized carbons (Fsp3) is 0.571. The number of hydrogen-bond donors (Lipinski definition) is 1. The number of rotatable bonds is 3. The summed E-state index contributed by atoms with van der Waals surface area (Å²) in [5.74, 6) is -0.739. The van der Waals surface area contributed by atoms with Crippen molar-refractivity contribution in [3.05, 3.63) is 11.0 Å². The van der Waals surface area contributed by atoms with Crippen molar-refractivity contribution in [1.29, 1.82) is 0 Å². The van der Waals surface area contributed by atoms with Gasteiger partial charge in [0, 0.05) is 12.0 Å². The lowest BCUT2D eigenvalue weighted by molar-refractivity contribution is -0.136. The molecule has 1 heterocycles. The molecule has 0 fully saturated rings. The van der Waals surface area contributed by atoms with Crippen LogP contribution < -0.4 is 0 Å². The SMILES string of the molecule is COCC1=CCC(C(=O)O)S1. The van der Waals surface area contributed by atoms with Gasteiger partial charge >= 0.3 is 5.97 Å². The van der Waals surface area contributed by atoms with E-state index < -0.39 is 5.97 Å². The maximum atomic E-state index is 10.5. The fourth-order valence-corrected chi connectivity index (χ4v) is 1.94. The molecule has 0 saturated heterocycles. The standard InChI is InChI=1S/C7H10O3S/c1-10-4-5-2-3-6(11-5)7(8)9/h2,6H,3-4H2,1H3,(H,8,9). The summed E-state index contributed by atoms with van der Waals surface area (Å²) in [5, 5.41) is 8.31. The maximum Gasteiger partial charge on any atom is 0.317 e. The molecule has 3 nitrogen and oxygen atoms in total. The first-order valence-electron chi connectivity index (χ1n) is 3.31. The Kier molecular flexibility index (Phi) is 2.96. The lowest BCUT2D eigenvalue weighted by Gasteiger charge is -2.02. The predicted octanol–water partition coefficient (Wildman–Crippen LogP) is 1.11. The third kappa shape index (κ3) is 2.24. The summed E-state index contributed by atoms with van der Waals surface area (Å²) in [6.45, 7) is 0.536. The van der Waals surface area contributed by atoms with Crippen LogP contribution >= 0.6 is 11.8 Å². The van der Waals surface area contributed by atoms with Gasteiger partial charge in [-0.3, -0.25) is 4.79 Å². The van der Waals surface area contributed by atoms with E-state index in [1.807, 2.05) is 6.08 Å². The molecule has 0 bridgehead atoms. The number of methoxy groups -OCH3 is 1. The second-order valence-electron chi connectivity index (χ2n) is 2.28. The van der Waals surface area contributed by atoms with Gasteiger partial charge in [0.2, 0.25) is 0 Å². The Balaban J connectivity index is 2.36. The molecule has 0 spiro atoms. The third-order valence-corrected chi connectivity index (χ3v) is 2.68. The second-order valence-corrected chi connectivity index (χ2v) is 3.61. The minimum atomic E-state index is -0.739. The summed E-state index contributed by atoms with van der Waals surface area (Å²) < 4.78 is 4.87. The van der Waals surface area contributed by atoms with Crippen LogP contribution in [0.3, 0.4) is 0 Å². The molecule has 1 unspecified atom stereocenters. The van der Waals surface area contributed by atoms with Gasteiger partial charge in [0.25, 0.3) is 0 Å². The van der Waals surface area contributed by atoms with Crippen LogP contribution in [0.15, 0.2) is 11.0 Å². The smallest absolute Gasteiger partial charge is 0.317 e. The van der Waals surface area contributed by atoms with Gasteiger partial charge in [-0.05, 0) is 6.42 Å². The zero-order chi connectivity index (χ0) is 8.27. The van der Waals surface area contributed by atoms with Crippen LogP contribution in [0.2, 0.25) is 0 Å². The Morgan fingerprint density at radius 3 is 3.18 bits per heavy atom. The summed E-state index contributed by atoms with van der Waals surface area (Å²) >= 11 is 1.38. The molecular weight excluding hydrogens is 164 g/mol. The predicted molar refractivity (Wildman–Crippen MR) is 43.6 cm³/mol. The van der Waals surface area contributed by atoms with Crippen LogP contribution in [0.1, 0.15) is 6.42 Å². The number of aliphatic carboxylic acids is 1. The van der Waals surface area contributed by atoms with Gasteiger partial charge in [0.15, 0.2) is 0 Å². The van der Waals surface area contributed by atoms with E-state index in [2.05, 4.69) is 0 Å². The van der Waals surface area contributed by atoms with E-state index >= 15 is 0 Å². The van der Waals surface area contributed by atoms with E-state index in [-0.39, 0.29) is 5.25 Å². The molecule has 1 rings (SSSR count). The Hall–Kier alpha value is -0.480. The molecule has 0 aromatic heterocycles. The second kappa shape index (κ2) is 3.78. The van der Waals surface area contributed by atoms with Gasteiger partial charge < -0.3 is 9.84 Å². The molecule has 0 aromatic carbocycles. The van der Waals surface area contributed by atoms with Crippen molar-refractivity contribution in [2.75, 3.05) is 13.7 Å². The highest BCUT2D eigenvalue weighted by atomic mass is 32.2. The first kappa shape index (κ1) is 8.62. The monoisotopic (exact) mass is 174 g/mol. The Labute approximate surface area is 69.4 Å². The van der Waals surface area contributed by atoms with Gasteiger partial charge in [0.05, 0.1) is 6.61 Å². The van der Waals surface area contributed by atoms with E-state index in [4.69, 9.17) is 9.84 Å². The molecule has 62 valence electrons. The van der Waals surface area contributed by atoms with Gasteiger partial charge in [-0.25, -0.2) is 0 Å². The van der Waals surface area contributed by atoms with Crippen LogP contribution in [0, 0.1) is 0 Å². The van der Waals surface area contributed by atoms with Crippen molar-refractivity contribution in [3.8, 4) is 0 Å². The minimum absolute atomic E-state index is 0.292. The number of allylic oxidation sites excluding steroid dienone is 1. The Bertz CT molecular complexity index is 188. The van der Waals surface area contributed by atoms with Crippen molar-refractivity contribution in [2.45, 2.75) is 11.7 Å². The highest BCUT2D eigenvalue weighted by Crippen LogP contribution is 2.32. The average Bonchev–Trinajstić information content (AvgIpc) is 2.37. The van der Waals surface area contributed by atoms with Gasteiger partial charge in [-0.2, -0.15) is 0 Å². The molecule has 0 aromatic rings. The van der Waals surface area contributed by atoms with E-state index in [1.54, 1.807) is 7.11 Å².